The van der Waals surface area contributed by atoms with Crippen LogP contribution >= 0.6 is 15.9 Å². The zero-order chi connectivity index (χ0) is 9.30. The van der Waals surface area contributed by atoms with Crippen LogP contribution in [0.25, 0.3) is 0 Å². The summed E-state index contributed by atoms with van der Waals surface area (Å²) in [5, 5.41) is 0. The topological polar surface area (TPSA) is 40.1 Å². The summed E-state index contributed by atoms with van der Waals surface area (Å²) in [6.45, 7) is 1.42. The Morgan fingerprint density at radius 3 is 2.67 bits per heavy atom. The molecule has 2 nitrogen and oxygen atoms in total. The maximum atomic E-state index is 13.0. The molecule has 12 heavy (non-hydrogen) atoms. The van der Waals surface area contributed by atoms with Crippen molar-refractivity contribution >= 4 is 27.0 Å². The Balaban J connectivity index is 3.36. The molecule has 0 spiro atoms. The van der Waals surface area contributed by atoms with Crippen LogP contribution in [0, 0.1) is 12.7 Å². The number of halogens is 2. The molecule has 0 radical (unpaired) electrons. The van der Waals surface area contributed by atoms with Crippen molar-refractivity contribution in [3.63, 3.8) is 0 Å². The summed E-state index contributed by atoms with van der Waals surface area (Å²) in [7, 11) is 0. The molecule has 0 heterocycles. The maximum absolute atomic E-state index is 13.0. The molecule has 1 aromatic rings. The molecule has 0 bridgehead atoms. The van der Waals surface area contributed by atoms with Crippen molar-refractivity contribution in [1.82, 2.24) is 0 Å². The fraction of sp³-hybridized carbons (Fsp3) is 0.143. The lowest BCUT2D eigenvalue weighted by molar-refractivity contribution is 0.533. The molecule has 0 fully saturated rings. The second kappa shape index (κ2) is 3.64. The lowest BCUT2D eigenvalue weighted by Gasteiger charge is -2.09. The molecule has 0 aromatic heterocycles. The van der Waals surface area contributed by atoms with Crippen LogP contribution in [-0.4, -0.2) is 8.76 Å². The van der Waals surface area contributed by atoms with Crippen LogP contribution in [0.4, 0.5) is 4.39 Å². The van der Waals surface area contributed by atoms with Gasteiger partial charge in [0.05, 0.1) is 4.47 Å². The Morgan fingerprint density at radius 2 is 2.17 bits per heavy atom. The first-order valence-electron chi connectivity index (χ1n) is 3.08. The van der Waals surface area contributed by atoms with E-state index in [1.165, 1.54) is 19.1 Å². The maximum Gasteiger partial charge on any atom is 0.141 e. The van der Waals surface area contributed by atoms with Gasteiger partial charge in [0.2, 0.25) is 0 Å². The van der Waals surface area contributed by atoms with Crippen molar-refractivity contribution in [2.24, 2.45) is 0 Å². The van der Waals surface area contributed by atoms with Crippen molar-refractivity contribution in [2.45, 2.75) is 11.8 Å². The van der Waals surface area contributed by atoms with Crippen LogP contribution in [0.2, 0.25) is 0 Å². The normalized spacial score (nSPS) is 13.0. The van der Waals surface area contributed by atoms with E-state index in [9.17, 15) is 13.2 Å². The third-order valence-corrected chi connectivity index (χ3v) is 2.88. The lowest BCUT2D eigenvalue weighted by Crippen LogP contribution is -1.96. The van der Waals surface area contributed by atoms with Crippen molar-refractivity contribution in [2.75, 3.05) is 0 Å². The third kappa shape index (κ3) is 1.73. The molecular formula is C7H5BrFO2S-. The zero-order valence-electron chi connectivity index (χ0n) is 6.14. The molecule has 0 aliphatic heterocycles. The van der Waals surface area contributed by atoms with Gasteiger partial charge in [-0.15, -0.1) is 0 Å². The van der Waals surface area contributed by atoms with Crippen LogP contribution in [0.5, 0.6) is 0 Å². The SMILES string of the molecule is Cc1c(S(=O)[O-])ccc(Br)c1F. The van der Waals surface area contributed by atoms with Crippen molar-refractivity contribution in [1.29, 1.82) is 0 Å². The van der Waals surface area contributed by atoms with Gasteiger partial charge in [-0.1, -0.05) is 0 Å². The van der Waals surface area contributed by atoms with E-state index in [-0.39, 0.29) is 14.9 Å². The van der Waals surface area contributed by atoms with Gasteiger partial charge >= 0.3 is 0 Å². The van der Waals surface area contributed by atoms with E-state index in [1.54, 1.807) is 0 Å². The summed E-state index contributed by atoms with van der Waals surface area (Å²) in [6, 6.07) is 2.72. The van der Waals surface area contributed by atoms with E-state index in [4.69, 9.17) is 0 Å². The molecule has 0 N–H and O–H groups in total. The van der Waals surface area contributed by atoms with Crippen LogP contribution < -0.4 is 0 Å². The molecule has 1 rings (SSSR count). The smallest absolute Gasteiger partial charge is 0.141 e. The first kappa shape index (κ1) is 9.83. The lowest BCUT2D eigenvalue weighted by atomic mass is 10.2. The monoisotopic (exact) mass is 251 g/mol. The summed E-state index contributed by atoms with van der Waals surface area (Å²) < 4.78 is 34.3. The summed E-state index contributed by atoms with van der Waals surface area (Å²) >= 11 is 0.583. The Hall–Kier alpha value is -0.260. The Kier molecular flexibility index (Phi) is 2.98. The van der Waals surface area contributed by atoms with E-state index >= 15 is 0 Å². The summed E-state index contributed by atoms with van der Waals surface area (Å²) in [5.74, 6) is -0.531. The average molecular weight is 252 g/mol. The molecule has 1 unspecified atom stereocenters. The Bertz CT molecular complexity index is 340. The molecule has 0 saturated heterocycles. The van der Waals surface area contributed by atoms with Crippen LogP contribution in [0.3, 0.4) is 0 Å². The number of hydrogen-bond donors (Lipinski definition) is 0. The predicted molar refractivity (Wildman–Crippen MR) is 46.0 cm³/mol. The first-order valence-corrected chi connectivity index (χ1v) is 4.94. The van der Waals surface area contributed by atoms with Gasteiger partial charge in [0.1, 0.15) is 5.82 Å². The number of rotatable bonds is 1. The standard InChI is InChI=1S/C7H6BrFO2S/c1-4-6(12(10)11)3-2-5(8)7(4)9/h2-3H,1H3,(H,10,11)/p-1. The zero-order valence-corrected chi connectivity index (χ0v) is 8.54. The summed E-state index contributed by atoms with van der Waals surface area (Å²) in [5.41, 5.74) is 0.137. The van der Waals surface area contributed by atoms with Crippen LogP contribution in [-0.2, 0) is 11.1 Å². The Morgan fingerprint density at radius 1 is 1.58 bits per heavy atom. The van der Waals surface area contributed by atoms with Crippen LogP contribution in [0.1, 0.15) is 5.56 Å². The summed E-state index contributed by atoms with van der Waals surface area (Å²) in [6.07, 6.45) is 0. The highest BCUT2D eigenvalue weighted by Crippen LogP contribution is 2.22. The first-order chi connectivity index (χ1) is 5.54. The number of hydrogen-bond acceptors (Lipinski definition) is 2. The van der Waals surface area contributed by atoms with Crippen molar-refractivity contribution in [3.05, 3.63) is 28.0 Å². The van der Waals surface area contributed by atoms with Gasteiger partial charge in [-0.05, 0) is 46.1 Å². The second-order valence-electron chi connectivity index (χ2n) is 2.22. The summed E-state index contributed by atoms with van der Waals surface area (Å²) in [4.78, 5) is -0.00398. The fourth-order valence-corrected chi connectivity index (χ4v) is 1.76. The number of benzene rings is 1. The van der Waals surface area contributed by atoms with Gasteiger partial charge in [0.25, 0.3) is 0 Å². The molecule has 0 amide bonds. The van der Waals surface area contributed by atoms with Gasteiger partial charge in [-0.2, -0.15) is 0 Å². The molecule has 0 aliphatic rings. The molecular weight excluding hydrogens is 247 g/mol. The molecule has 1 aromatic carbocycles. The van der Waals surface area contributed by atoms with Gasteiger partial charge in [-0.3, -0.25) is 4.21 Å². The molecule has 0 aliphatic carbocycles. The minimum Gasteiger partial charge on any atom is -0.768 e. The van der Waals surface area contributed by atoms with E-state index in [1.807, 2.05) is 0 Å². The van der Waals surface area contributed by atoms with E-state index < -0.39 is 16.9 Å². The molecule has 0 saturated carbocycles. The largest absolute Gasteiger partial charge is 0.768 e. The molecule has 5 heteroatoms. The van der Waals surface area contributed by atoms with Crippen LogP contribution in [0.15, 0.2) is 21.5 Å². The fourth-order valence-electron chi connectivity index (χ4n) is 0.815. The van der Waals surface area contributed by atoms with Gasteiger partial charge in [0.15, 0.2) is 0 Å². The minimum absolute atomic E-state index is 0.00398. The highest BCUT2D eigenvalue weighted by atomic mass is 79.9. The quantitative estimate of drug-likeness (QED) is 0.718. The molecule has 1 atom stereocenters. The van der Waals surface area contributed by atoms with Crippen molar-refractivity contribution < 1.29 is 13.2 Å². The van der Waals surface area contributed by atoms with E-state index in [0.29, 0.717) is 0 Å². The van der Waals surface area contributed by atoms with Gasteiger partial charge < -0.3 is 4.55 Å². The third-order valence-electron chi connectivity index (χ3n) is 1.47. The second-order valence-corrected chi connectivity index (χ2v) is 3.98. The average Bonchev–Trinajstić information content (AvgIpc) is 2.00. The van der Waals surface area contributed by atoms with E-state index in [0.717, 1.165) is 0 Å². The van der Waals surface area contributed by atoms with Gasteiger partial charge in [0, 0.05) is 10.5 Å². The highest BCUT2D eigenvalue weighted by Gasteiger charge is 2.07. The Labute approximate surface area is 80.2 Å². The minimum atomic E-state index is -2.37. The van der Waals surface area contributed by atoms with E-state index in [2.05, 4.69) is 15.9 Å². The van der Waals surface area contributed by atoms with Gasteiger partial charge in [-0.25, -0.2) is 4.39 Å². The highest BCUT2D eigenvalue weighted by molar-refractivity contribution is 9.10. The predicted octanol–water partition coefficient (Wildman–Crippen LogP) is 2.13. The van der Waals surface area contributed by atoms with Crippen molar-refractivity contribution in [3.8, 4) is 0 Å². The molecule has 66 valence electrons.